The van der Waals surface area contributed by atoms with Crippen LogP contribution >= 0.6 is 0 Å². The summed E-state index contributed by atoms with van der Waals surface area (Å²) in [5, 5.41) is 9.07. The second-order valence-electron chi connectivity index (χ2n) is 5.04. The van der Waals surface area contributed by atoms with E-state index < -0.39 is 11.5 Å². The van der Waals surface area contributed by atoms with E-state index in [1.54, 1.807) is 4.90 Å². The first-order valence-electron chi connectivity index (χ1n) is 5.77. The first kappa shape index (κ1) is 13.8. The summed E-state index contributed by atoms with van der Waals surface area (Å²) in [6, 6.07) is -0.242. The molecule has 0 radical (unpaired) electrons. The molecule has 0 aromatic carbocycles. The topological polar surface area (TPSA) is 86.9 Å². The van der Waals surface area contributed by atoms with Crippen molar-refractivity contribution in [1.82, 2.24) is 9.80 Å². The minimum atomic E-state index is -1.20. The number of carboxylic acid groups (broad SMARTS) is 1. The predicted octanol–water partition coefficient (Wildman–Crippen LogP) is 0.182. The molecule has 98 valence electrons. The van der Waals surface area contributed by atoms with Gasteiger partial charge in [-0.15, -0.1) is 0 Å². The number of urea groups is 1. The Labute approximate surface area is 101 Å². The van der Waals surface area contributed by atoms with E-state index in [2.05, 4.69) is 0 Å². The van der Waals surface area contributed by atoms with Crippen LogP contribution in [-0.4, -0.2) is 59.1 Å². The van der Waals surface area contributed by atoms with Gasteiger partial charge in [0.2, 0.25) is 0 Å². The first-order chi connectivity index (χ1) is 7.80. The number of rotatable bonds is 3. The van der Waals surface area contributed by atoms with E-state index in [4.69, 9.17) is 10.8 Å². The van der Waals surface area contributed by atoms with Gasteiger partial charge in [-0.3, -0.25) is 0 Å². The summed E-state index contributed by atoms with van der Waals surface area (Å²) < 4.78 is 0. The highest BCUT2D eigenvalue weighted by Crippen LogP contribution is 2.20. The number of nitrogens with zero attached hydrogens (tertiary/aromatic N) is 2. The molecular weight excluding hydrogens is 222 g/mol. The van der Waals surface area contributed by atoms with E-state index in [0.29, 0.717) is 25.6 Å². The van der Waals surface area contributed by atoms with Gasteiger partial charge in [-0.1, -0.05) is 0 Å². The van der Waals surface area contributed by atoms with Gasteiger partial charge in [0.15, 0.2) is 0 Å². The number of carbonyl (C=O) groups is 2. The number of hydrogen-bond acceptors (Lipinski definition) is 3. The van der Waals surface area contributed by atoms with Crippen LogP contribution in [0, 0.1) is 5.92 Å². The van der Waals surface area contributed by atoms with Gasteiger partial charge >= 0.3 is 12.0 Å². The van der Waals surface area contributed by atoms with Crippen LogP contribution < -0.4 is 5.73 Å². The number of aliphatic carboxylic acids is 1. The molecule has 6 heteroatoms. The van der Waals surface area contributed by atoms with Crippen LogP contribution in [0.25, 0.3) is 0 Å². The lowest BCUT2D eigenvalue weighted by Crippen LogP contribution is -2.54. The quantitative estimate of drug-likeness (QED) is 0.740. The molecule has 1 fully saturated rings. The number of likely N-dealkylation sites (N-methyl/N-ethyl adjacent to an activating group) is 1. The van der Waals surface area contributed by atoms with Crippen molar-refractivity contribution < 1.29 is 14.7 Å². The lowest BCUT2D eigenvalue weighted by molar-refractivity contribution is -0.147. The number of nitrogens with two attached hydrogens (primary N) is 1. The van der Waals surface area contributed by atoms with Crippen molar-refractivity contribution in [3.05, 3.63) is 0 Å². The average Bonchev–Trinajstić information content (AvgIpc) is 2.75. The number of carboxylic acids is 1. The molecule has 0 bridgehead atoms. The van der Waals surface area contributed by atoms with Gasteiger partial charge in [-0.2, -0.15) is 0 Å². The Bertz CT molecular complexity index is 317. The highest BCUT2D eigenvalue weighted by molar-refractivity contribution is 5.85. The van der Waals surface area contributed by atoms with Crippen molar-refractivity contribution in [2.24, 2.45) is 11.7 Å². The third-order valence-electron chi connectivity index (χ3n) is 3.54. The zero-order valence-electron chi connectivity index (χ0n) is 10.6. The smallest absolute Gasteiger partial charge is 0.329 e. The second-order valence-corrected chi connectivity index (χ2v) is 5.04. The van der Waals surface area contributed by atoms with Crippen molar-refractivity contribution in [1.29, 1.82) is 0 Å². The lowest BCUT2D eigenvalue weighted by atomic mass is 10.0. The standard InChI is InChI=1S/C11H21N3O3/c1-11(2,9(15)16)13(3)10(17)14-5-4-8(6-12)7-14/h8H,4-7,12H2,1-3H3,(H,15,16). The maximum absolute atomic E-state index is 12.1. The molecule has 17 heavy (non-hydrogen) atoms. The summed E-state index contributed by atoms with van der Waals surface area (Å²) >= 11 is 0. The van der Waals surface area contributed by atoms with Gasteiger partial charge in [0, 0.05) is 20.1 Å². The minimum Gasteiger partial charge on any atom is -0.480 e. The molecule has 6 nitrogen and oxygen atoms in total. The van der Waals surface area contributed by atoms with Crippen LogP contribution in [0.1, 0.15) is 20.3 Å². The third kappa shape index (κ3) is 2.69. The molecule has 2 amide bonds. The monoisotopic (exact) mass is 243 g/mol. The average molecular weight is 243 g/mol. The molecule has 1 heterocycles. The van der Waals surface area contributed by atoms with E-state index in [0.717, 1.165) is 6.42 Å². The Morgan fingerprint density at radius 3 is 2.53 bits per heavy atom. The van der Waals surface area contributed by atoms with Crippen LogP contribution in [0.15, 0.2) is 0 Å². The fraction of sp³-hybridized carbons (Fsp3) is 0.818. The fourth-order valence-corrected chi connectivity index (χ4v) is 1.79. The maximum atomic E-state index is 12.1. The number of hydrogen-bond donors (Lipinski definition) is 2. The first-order valence-corrected chi connectivity index (χ1v) is 5.77. The van der Waals surface area contributed by atoms with E-state index in [1.807, 2.05) is 0 Å². The van der Waals surface area contributed by atoms with Gasteiger partial charge in [-0.05, 0) is 32.7 Å². The molecule has 1 rings (SSSR count). The molecule has 1 saturated heterocycles. The van der Waals surface area contributed by atoms with Crippen molar-refractivity contribution in [3.63, 3.8) is 0 Å². The molecule has 1 aliphatic rings. The van der Waals surface area contributed by atoms with E-state index in [-0.39, 0.29) is 6.03 Å². The van der Waals surface area contributed by atoms with E-state index in [9.17, 15) is 9.59 Å². The number of carbonyl (C=O) groups excluding carboxylic acids is 1. The zero-order valence-corrected chi connectivity index (χ0v) is 10.6. The lowest BCUT2D eigenvalue weighted by Gasteiger charge is -2.34. The molecule has 0 aliphatic carbocycles. The van der Waals surface area contributed by atoms with Gasteiger partial charge in [0.1, 0.15) is 5.54 Å². The summed E-state index contributed by atoms with van der Waals surface area (Å²) in [4.78, 5) is 26.1. The fourth-order valence-electron chi connectivity index (χ4n) is 1.79. The Morgan fingerprint density at radius 2 is 2.12 bits per heavy atom. The Kier molecular flexibility index (Phi) is 3.98. The Balaban J connectivity index is 2.68. The molecule has 1 aliphatic heterocycles. The summed E-state index contributed by atoms with van der Waals surface area (Å²) in [6.45, 7) is 4.87. The summed E-state index contributed by atoms with van der Waals surface area (Å²) in [5.41, 5.74) is 4.36. The summed E-state index contributed by atoms with van der Waals surface area (Å²) in [5.74, 6) is -0.678. The molecule has 0 spiro atoms. The van der Waals surface area contributed by atoms with Gasteiger partial charge in [-0.25, -0.2) is 9.59 Å². The normalized spacial score (nSPS) is 20.5. The Morgan fingerprint density at radius 1 is 1.53 bits per heavy atom. The van der Waals surface area contributed by atoms with Crippen LogP contribution in [0.3, 0.4) is 0 Å². The predicted molar refractivity (Wildman–Crippen MR) is 63.6 cm³/mol. The largest absolute Gasteiger partial charge is 0.480 e. The molecule has 3 N–H and O–H groups in total. The van der Waals surface area contributed by atoms with E-state index in [1.165, 1.54) is 25.8 Å². The molecule has 1 atom stereocenters. The SMILES string of the molecule is CN(C(=O)N1CCC(CN)C1)C(C)(C)C(=O)O. The molecule has 1 unspecified atom stereocenters. The minimum absolute atomic E-state index is 0.242. The Hall–Kier alpha value is -1.30. The van der Waals surface area contributed by atoms with Gasteiger partial charge in [0.05, 0.1) is 0 Å². The molecule has 0 aromatic heterocycles. The van der Waals surface area contributed by atoms with Crippen LogP contribution in [-0.2, 0) is 4.79 Å². The summed E-state index contributed by atoms with van der Waals surface area (Å²) in [7, 11) is 1.52. The van der Waals surface area contributed by atoms with Crippen molar-refractivity contribution in [3.8, 4) is 0 Å². The third-order valence-corrected chi connectivity index (χ3v) is 3.54. The number of likely N-dealkylation sites (tertiary alicyclic amines) is 1. The molecular formula is C11H21N3O3. The van der Waals surface area contributed by atoms with Crippen LogP contribution in [0.5, 0.6) is 0 Å². The zero-order chi connectivity index (χ0) is 13.2. The summed E-state index contributed by atoms with van der Waals surface area (Å²) in [6.07, 6.45) is 0.892. The van der Waals surface area contributed by atoms with Crippen molar-refractivity contribution in [2.45, 2.75) is 25.8 Å². The highest BCUT2D eigenvalue weighted by atomic mass is 16.4. The van der Waals surface area contributed by atoms with E-state index >= 15 is 0 Å². The molecule has 0 aromatic rings. The van der Waals surface area contributed by atoms with Gasteiger partial charge in [0.25, 0.3) is 0 Å². The van der Waals surface area contributed by atoms with Gasteiger partial charge < -0.3 is 20.6 Å². The van der Waals surface area contributed by atoms with Crippen molar-refractivity contribution in [2.75, 3.05) is 26.7 Å². The highest BCUT2D eigenvalue weighted by Gasteiger charge is 2.38. The van der Waals surface area contributed by atoms with Crippen LogP contribution in [0.4, 0.5) is 4.79 Å². The van der Waals surface area contributed by atoms with Crippen molar-refractivity contribution >= 4 is 12.0 Å². The number of amides is 2. The maximum Gasteiger partial charge on any atom is 0.329 e. The van der Waals surface area contributed by atoms with Crippen LogP contribution in [0.2, 0.25) is 0 Å². The second kappa shape index (κ2) is 4.91. The molecule has 0 saturated carbocycles.